The van der Waals surface area contributed by atoms with Crippen LogP contribution in [-0.2, 0) is 4.79 Å². The van der Waals surface area contributed by atoms with Crippen molar-refractivity contribution < 1.29 is 19.4 Å². The molecule has 3 rings (SSSR count). The molecule has 1 aliphatic rings. The molecule has 0 fully saturated rings. The highest BCUT2D eigenvalue weighted by atomic mass is 35.5. The van der Waals surface area contributed by atoms with Crippen molar-refractivity contribution in [3.05, 3.63) is 52.5 Å². The van der Waals surface area contributed by atoms with Crippen LogP contribution in [0.3, 0.4) is 0 Å². The highest BCUT2D eigenvalue weighted by Crippen LogP contribution is 2.28. The molecule has 0 aliphatic carbocycles. The lowest BCUT2D eigenvalue weighted by atomic mass is 10.1. The molecule has 1 aliphatic heterocycles. The summed E-state index contributed by atoms with van der Waals surface area (Å²) in [6, 6.07) is 9.87. The van der Waals surface area contributed by atoms with Crippen LogP contribution in [0, 0.1) is 0 Å². The Labute approximate surface area is 148 Å². The SMILES string of the molecule is C/C(=N/Nc1ccc(Cl)c(C(=O)O)c1)c1ccc2c(c1)NC(=O)CO2. The minimum atomic E-state index is -1.11. The second-order valence-corrected chi connectivity index (χ2v) is 5.76. The molecule has 3 N–H and O–H groups in total. The molecule has 0 radical (unpaired) electrons. The van der Waals surface area contributed by atoms with Crippen molar-refractivity contribution in [2.75, 3.05) is 17.3 Å². The lowest BCUT2D eigenvalue weighted by Crippen LogP contribution is -2.25. The largest absolute Gasteiger partial charge is 0.482 e. The quantitative estimate of drug-likeness (QED) is 0.575. The average molecular weight is 360 g/mol. The lowest BCUT2D eigenvalue weighted by Gasteiger charge is -2.18. The summed E-state index contributed by atoms with van der Waals surface area (Å²) in [6.07, 6.45) is 0. The number of nitrogens with zero attached hydrogens (tertiary/aromatic N) is 1. The molecule has 25 heavy (non-hydrogen) atoms. The first-order chi connectivity index (χ1) is 11.9. The molecular formula is C17H14ClN3O4. The normalized spacial score (nSPS) is 13.5. The number of amides is 1. The number of benzene rings is 2. The molecule has 0 spiro atoms. The Kier molecular flexibility index (Phi) is 4.58. The first-order valence-corrected chi connectivity index (χ1v) is 7.72. The Bertz CT molecular complexity index is 895. The Morgan fingerprint density at radius 3 is 2.88 bits per heavy atom. The number of halogens is 1. The number of hydrogen-bond acceptors (Lipinski definition) is 5. The molecule has 0 atom stereocenters. The summed E-state index contributed by atoms with van der Waals surface area (Å²) in [4.78, 5) is 22.5. The summed E-state index contributed by atoms with van der Waals surface area (Å²) in [6.45, 7) is 1.79. The van der Waals surface area contributed by atoms with E-state index in [0.717, 1.165) is 5.56 Å². The number of carbonyl (C=O) groups is 2. The summed E-state index contributed by atoms with van der Waals surface area (Å²) in [5, 5.41) is 16.2. The number of carboxylic acids is 1. The van der Waals surface area contributed by atoms with Crippen LogP contribution in [0.1, 0.15) is 22.8 Å². The van der Waals surface area contributed by atoms with Crippen molar-refractivity contribution in [3.8, 4) is 5.75 Å². The van der Waals surface area contributed by atoms with E-state index >= 15 is 0 Å². The zero-order valence-electron chi connectivity index (χ0n) is 13.2. The zero-order chi connectivity index (χ0) is 18.0. The standard InChI is InChI=1S/C17H14ClN3O4/c1-9(10-2-5-15-14(6-10)19-16(22)8-25-15)20-21-11-3-4-13(18)12(7-11)17(23)24/h2-7,21H,8H2,1H3,(H,19,22)(H,23,24)/b20-9-. The molecule has 0 bridgehead atoms. The number of hydrazone groups is 1. The Hall–Kier alpha value is -3.06. The minimum absolute atomic E-state index is 0.00342. The van der Waals surface area contributed by atoms with Crippen molar-refractivity contribution >= 4 is 40.6 Å². The van der Waals surface area contributed by atoms with Crippen molar-refractivity contribution in [1.29, 1.82) is 0 Å². The van der Waals surface area contributed by atoms with E-state index in [1.54, 1.807) is 25.1 Å². The smallest absolute Gasteiger partial charge is 0.337 e. The van der Waals surface area contributed by atoms with E-state index in [4.69, 9.17) is 21.4 Å². The number of rotatable bonds is 4. The lowest BCUT2D eigenvalue weighted by molar-refractivity contribution is -0.118. The van der Waals surface area contributed by atoms with Gasteiger partial charge in [-0.2, -0.15) is 5.10 Å². The van der Waals surface area contributed by atoms with Gasteiger partial charge >= 0.3 is 5.97 Å². The van der Waals surface area contributed by atoms with E-state index in [2.05, 4.69) is 15.8 Å². The third kappa shape index (κ3) is 3.72. The fraction of sp³-hybridized carbons (Fsp3) is 0.118. The summed E-state index contributed by atoms with van der Waals surface area (Å²) in [5.41, 5.74) is 5.31. The molecular weight excluding hydrogens is 346 g/mol. The van der Waals surface area contributed by atoms with Crippen LogP contribution in [0.25, 0.3) is 0 Å². The van der Waals surface area contributed by atoms with Gasteiger partial charge in [0.15, 0.2) is 6.61 Å². The Morgan fingerprint density at radius 1 is 1.32 bits per heavy atom. The minimum Gasteiger partial charge on any atom is -0.482 e. The molecule has 0 aromatic heterocycles. The van der Waals surface area contributed by atoms with Crippen molar-refractivity contribution in [1.82, 2.24) is 0 Å². The van der Waals surface area contributed by atoms with E-state index in [1.807, 2.05) is 6.07 Å². The van der Waals surface area contributed by atoms with E-state index < -0.39 is 5.97 Å². The van der Waals surface area contributed by atoms with E-state index in [0.29, 0.717) is 22.8 Å². The summed E-state index contributed by atoms with van der Waals surface area (Å²) in [7, 11) is 0. The number of carboxylic acid groups (broad SMARTS) is 1. The van der Waals surface area contributed by atoms with Gasteiger partial charge in [-0.25, -0.2) is 4.79 Å². The maximum Gasteiger partial charge on any atom is 0.337 e. The maximum atomic E-state index is 11.4. The maximum absolute atomic E-state index is 11.4. The highest BCUT2D eigenvalue weighted by molar-refractivity contribution is 6.33. The highest BCUT2D eigenvalue weighted by Gasteiger charge is 2.16. The van der Waals surface area contributed by atoms with Crippen LogP contribution in [-0.4, -0.2) is 29.3 Å². The molecule has 8 heteroatoms. The fourth-order valence-corrected chi connectivity index (χ4v) is 2.48. The first-order valence-electron chi connectivity index (χ1n) is 7.34. The van der Waals surface area contributed by atoms with Gasteiger partial charge in [0, 0.05) is 0 Å². The van der Waals surface area contributed by atoms with Gasteiger partial charge in [-0.15, -0.1) is 0 Å². The summed E-state index contributed by atoms with van der Waals surface area (Å²) >= 11 is 5.84. The number of aromatic carboxylic acids is 1. The number of carbonyl (C=O) groups excluding carboxylic acids is 1. The van der Waals surface area contributed by atoms with Crippen LogP contribution in [0.15, 0.2) is 41.5 Å². The van der Waals surface area contributed by atoms with Gasteiger partial charge in [0.2, 0.25) is 0 Å². The molecule has 2 aromatic rings. The fourth-order valence-electron chi connectivity index (χ4n) is 2.28. The second kappa shape index (κ2) is 6.82. The van der Waals surface area contributed by atoms with Gasteiger partial charge in [0.25, 0.3) is 5.91 Å². The van der Waals surface area contributed by atoms with Crippen LogP contribution >= 0.6 is 11.6 Å². The van der Waals surface area contributed by atoms with Gasteiger partial charge in [-0.05, 0) is 48.9 Å². The van der Waals surface area contributed by atoms with E-state index in [9.17, 15) is 9.59 Å². The number of nitrogens with one attached hydrogen (secondary N) is 2. The predicted octanol–water partition coefficient (Wildman–Crippen LogP) is 3.21. The molecule has 0 saturated carbocycles. The third-order valence-electron chi connectivity index (χ3n) is 3.58. The topological polar surface area (TPSA) is 100 Å². The molecule has 2 aromatic carbocycles. The molecule has 1 amide bonds. The Morgan fingerprint density at radius 2 is 2.12 bits per heavy atom. The van der Waals surface area contributed by atoms with Crippen LogP contribution in [0.5, 0.6) is 5.75 Å². The number of fused-ring (bicyclic) bond motifs is 1. The first kappa shape index (κ1) is 16.8. The van der Waals surface area contributed by atoms with Crippen LogP contribution < -0.4 is 15.5 Å². The molecule has 1 heterocycles. The summed E-state index contributed by atoms with van der Waals surface area (Å²) in [5.74, 6) is -0.715. The van der Waals surface area contributed by atoms with E-state index in [1.165, 1.54) is 12.1 Å². The number of ether oxygens (including phenoxy) is 1. The van der Waals surface area contributed by atoms with Gasteiger partial charge < -0.3 is 15.2 Å². The second-order valence-electron chi connectivity index (χ2n) is 5.36. The average Bonchev–Trinajstić information content (AvgIpc) is 2.59. The number of anilines is 2. The summed E-state index contributed by atoms with van der Waals surface area (Å²) < 4.78 is 5.31. The monoisotopic (exact) mass is 359 g/mol. The van der Waals surface area contributed by atoms with Gasteiger partial charge in [-0.1, -0.05) is 11.6 Å². The molecule has 0 saturated heterocycles. The molecule has 7 nitrogen and oxygen atoms in total. The third-order valence-corrected chi connectivity index (χ3v) is 3.91. The van der Waals surface area contributed by atoms with E-state index in [-0.39, 0.29) is 23.1 Å². The van der Waals surface area contributed by atoms with Crippen LogP contribution in [0.4, 0.5) is 11.4 Å². The predicted molar refractivity (Wildman–Crippen MR) is 94.8 cm³/mol. The van der Waals surface area contributed by atoms with Gasteiger partial charge in [0.1, 0.15) is 5.75 Å². The van der Waals surface area contributed by atoms with Crippen molar-refractivity contribution in [2.45, 2.75) is 6.92 Å². The van der Waals surface area contributed by atoms with Crippen LogP contribution in [0.2, 0.25) is 5.02 Å². The Balaban J connectivity index is 1.80. The van der Waals surface area contributed by atoms with Gasteiger partial charge in [-0.3, -0.25) is 10.2 Å². The van der Waals surface area contributed by atoms with Gasteiger partial charge in [0.05, 0.1) is 27.7 Å². The van der Waals surface area contributed by atoms with Crippen molar-refractivity contribution in [3.63, 3.8) is 0 Å². The zero-order valence-corrected chi connectivity index (χ0v) is 13.9. The molecule has 0 unspecified atom stereocenters. The number of hydrogen-bond donors (Lipinski definition) is 3. The van der Waals surface area contributed by atoms with Crippen molar-refractivity contribution in [2.24, 2.45) is 5.10 Å². The molecule has 128 valence electrons.